The number of aromatic nitrogens is 4. The lowest BCUT2D eigenvalue weighted by atomic mass is 10.2. The monoisotopic (exact) mass is 433 g/mol. The third-order valence-electron chi connectivity index (χ3n) is 6.21. The van der Waals surface area contributed by atoms with Crippen LogP contribution < -0.4 is 15.4 Å². The molecule has 2 aliphatic rings. The number of anilines is 2. The van der Waals surface area contributed by atoms with Crippen molar-refractivity contribution in [1.29, 1.82) is 0 Å². The van der Waals surface area contributed by atoms with Gasteiger partial charge in [-0.1, -0.05) is 12.1 Å². The van der Waals surface area contributed by atoms with Crippen LogP contribution in [0.5, 0.6) is 0 Å². The number of carbonyl (C=O) groups is 1. The van der Waals surface area contributed by atoms with Crippen molar-refractivity contribution in [3.8, 4) is 0 Å². The number of hydrogen-bond donors (Lipinski definition) is 0. The fourth-order valence-corrected chi connectivity index (χ4v) is 4.41. The standard InChI is InChI=1S/C23H27N7O2/c1-17-14-20(26-23(25-17)29-8-4-5-9-29)27-10-12-28(13-11-27)21(31)15-30-16-24-19-7-3-2-6-18(19)22(30)32/h2-3,6-7,14,16H,4-5,8-13,15H2,1H3. The fraction of sp³-hybridized carbons (Fsp3) is 0.435. The summed E-state index contributed by atoms with van der Waals surface area (Å²) in [6.45, 7) is 6.61. The van der Waals surface area contributed by atoms with Gasteiger partial charge in [-0.05, 0) is 31.9 Å². The van der Waals surface area contributed by atoms with Crippen molar-refractivity contribution in [2.75, 3.05) is 49.1 Å². The third kappa shape index (κ3) is 4.02. The zero-order chi connectivity index (χ0) is 22.1. The summed E-state index contributed by atoms with van der Waals surface area (Å²) in [7, 11) is 0. The van der Waals surface area contributed by atoms with Gasteiger partial charge in [0.1, 0.15) is 12.4 Å². The van der Waals surface area contributed by atoms with Crippen molar-refractivity contribution in [2.24, 2.45) is 0 Å². The average molecular weight is 434 g/mol. The molecule has 0 N–H and O–H groups in total. The second kappa shape index (κ2) is 8.57. The van der Waals surface area contributed by atoms with Gasteiger partial charge < -0.3 is 14.7 Å². The van der Waals surface area contributed by atoms with Gasteiger partial charge in [0.15, 0.2) is 0 Å². The first-order chi connectivity index (χ1) is 15.6. The maximum absolute atomic E-state index is 12.9. The molecule has 2 aromatic heterocycles. The molecular formula is C23H27N7O2. The number of aryl methyl sites for hydroxylation is 1. The van der Waals surface area contributed by atoms with Gasteiger partial charge in [0.2, 0.25) is 11.9 Å². The van der Waals surface area contributed by atoms with Gasteiger partial charge in [-0.25, -0.2) is 9.97 Å². The Hall–Kier alpha value is -3.49. The lowest BCUT2D eigenvalue weighted by Crippen LogP contribution is -2.50. The first-order valence-corrected chi connectivity index (χ1v) is 11.2. The minimum absolute atomic E-state index is 0.00237. The molecule has 1 aromatic carbocycles. The van der Waals surface area contributed by atoms with E-state index in [9.17, 15) is 9.59 Å². The Labute approximate surface area is 186 Å². The number of hydrogen-bond acceptors (Lipinski definition) is 7. The molecule has 0 radical (unpaired) electrons. The number of piperazine rings is 1. The molecule has 2 fully saturated rings. The maximum atomic E-state index is 12.9. The van der Waals surface area contributed by atoms with Crippen molar-refractivity contribution in [3.05, 3.63) is 52.7 Å². The summed E-state index contributed by atoms with van der Waals surface area (Å²) in [6, 6.07) is 9.20. The Kier molecular flexibility index (Phi) is 5.46. The molecule has 32 heavy (non-hydrogen) atoms. The molecule has 5 rings (SSSR count). The molecule has 0 spiro atoms. The summed E-state index contributed by atoms with van der Waals surface area (Å²) in [5.74, 6) is 1.65. The molecule has 0 bridgehead atoms. The van der Waals surface area contributed by atoms with E-state index >= 15 is 0 Å². The molecule has 9 heteroatoms. The van der Waals surface area contributed by atoms with Gasteiger partial charge in [0.25, 0.3) is 5.56 Å². The zero-order valence-electron chi connectivity index (χ0n) is 18.3. The second-order valence-corrected chi connectivity index (χ2v) is 8.42. The SMILES string of the molecule is Cc1cc(N2CCN(C(=O)Cn3cnc4ccccc4c3=O)CC2)nc(N2CCCC2)n1. The third-order valence-corrected chi connectivity index (χ3v) is 6.21. The molecule has 166 valence electrons. The predicted molar refractivity (Wildman–Crippen MR) is 123 cm³/mol. The maximum Gasteiger partial charge on any atom is 0.261 e. The van der Waals surface area contributed by atoms with Gasteiger partial charge in [-0.2, -0.15) is 4.98 Å². The molecule has 0 aliphatic carbocycles. The predicted octanol–water partition coefficient (Wildman–Crippen LogP) is 1.44. The van der Waals surface area contributed by atoms with E-state index in [-0.39, 0.29) is 18.0 Å². The van der Waals surface area contributed by atoms with Crippen LogP contribution in [0, 0.1) is 6.92 Å². The molecule has 9 nitrogen and oxygen atoms in total. The first kappa shape index (κ1) is 20.4. The number of carbonyl (C=O) groups excluding carboxylic acids is 1. The highest BCUT2D eigenvalue weighted by Gasteiger charge is 2.24. The van der Waals surface area contributed by atoms with Crippen molar-refractivity contribution in [3.63, 3.8) is 0 Å². The van der Waals surface area contributed by atoms with E-state index in [2.05, 4.69) is 19.8 Å². The number of benzene rings is 1. The Morgan fingerprint density at radius 3 is 2.50 bits per heavy atom. The van der Waals surface area contributed by atoms with Gasteiger partial charge in [-0.3, -0.25) is 14.2 Å². The highest BCUT2D eigenvalue weighted by Crippen LogP contribution is 2.21. The van der Waals surface area contributed by atoms with E-state index in [1.807, 2.05) is 24.0 Å². The van der Waals surface area contributed by atoms with Gasteiger partial charge in [0, 0.05) is 51.0 Å². The van der Waals surface area contributed by atoms with Crippen molar-refractivity contribution in [2.45, 2.75) is 26.3 Å². The normalized spacial score (nSPS) is 16.7. The minimum Gasteiger partial charge on any atom is -0.353 e. The Bertz CT molecular complexity index is 1190. The zero-order valence-corrected chi connectivity index (χ0v) is 18.3. The topological polar surface area (TPSA) is 87.5 Å². The van der Waals surface area contributed by atoms with Crippen LogP contribution in [0.1, 0.15) is 18.5 Å². The fourth-order valence-electron chi connectivity index (χ4n) is 4.41. The highest BCUT2D eigenvalue weighted by molar-refractivity contribution is 5.79. The number of fused-ring (bicyclic) bond motifs is 1. The highest BCUT2D eigenvalue weighted by atomic mass is 16.2. The van der Waals surface area contributed by atoms with Crippen molar-refractivity contribution < 1.29 is 4.79 Å². The van der Waals surface area contributed by atoms with Crippen LogP contribution in [0.15, 0.2) is 41.5 Å². The van der Waals surface area contributed by atoms with E-state index in [0.717, 1.165) is 30.5 Å². The van der Waals surface area contributed by atoms with Crippen molar-refractivity contribution >= 4 is 28.6 Å². The molecule has 0 saturated carbocycles. The molecule has 2 aliphatic heterocycles. The molecule has 2 saturated heterocycles. The average Bonchev–Trinajstić information content (AvgIpc) is 3.36. The van der Waals surface area contributed by atoms with Gasteiger partial charge >= 0.3 is 0 Å². The van der Waals surface area contributed by atoms with E-state index in [0.29, 0.717) is 37.1 Å². The van der Waals surface area contributed by atoms with Crippen LogP contribution in [0.2, 0.25) is 0 Å². The van der Waals surface area contributed by atoms with Crippen molar-refractivity contribution in [1.82, 2.24) is 24.4 Å². The summed E-state index contributed by atoms with van der Waals surface area (Å²) in [4.78, 5) is 45.5. The number of para-hydroxylation sites is 1. The van der Waals surface area contributed by atoms with Crippen LogP contribution in [0.25, 0.3) is 10.9 Å². The largest absolute Gasteiger partial charge is 0.353 e. The van der Waals surface area contributed by atoms with Crippen LogP contribution in [0.3, 0.4) is 0 Å². The Morgan fingerprint density at radius 1 is 0.969 bits per heavy atom. The summed E-state index contributed by atoms with van der Waals surface area (Å²) in [6.07, 6.45) is 3.83. The van der Waals surface area contributed by atoms with Gasteiger partial charge in [-0.15, -0.1) is 0 Å². The summed E-state index contributed by atoms with van der Waals surface area (Å²) < 4.78 is 1.40. The summed E-state index contributed by atoms with van der Waals surface area (Å²) in [5.41, 5.74) is 1.41. The summed E-state index contributed by atoms with van der Waals surface area (Å²) in [5, 5.41) is 0.528. The smallest absolute Gasteiger partial charge is 0.261 e. The molecular weight excluding hydrogens is 406 g/mol. The molecule has 0 atom stereocenters. The summed E-state index contributed by atoms with van der Waals surface area (Å²) >= 11 is 0. The first-order valence-electron chi connectivity index (χ1n) is 11.2. The lowest BCUT2D eigenvalue weighted by Gasteiger charge is -2.35. The van der Waals surface area contributed by atoms with E-state index in [1.54, 1.807) is 18.2 Å². The lowest BCUT2D eigenvalue weighted by molar-refractivity contribution is -0.132. The van der Waals surface area contributed by atoms with Crippen LogP contribution in [-0.2, 0) is 11.3 Å². The number of rotatable bonds is 4. The van der Waals surface area contributed by atoms with E-state index < -0.39 is 0 Å². The molecule has 4 heterocycles. The van der Waals surface area contributed by atoms with Crippen LogP contribution in [-0.4, -0.2) is 69.6 Å². The van der Waals surface area contributed by atoms with E-state index in [4.69, 9.17) is 4.98 Å². The molecule has 0 unspecified atom stereocenters. The van der Waals surface area contributed by atoms with Crippen LogP contribution >= 0.6 is 0 Å². The van der Waals surface area contributed by atoms with E-state index in [1.165, 1.54) is 23.7 Å². The second-order valence-electron chi connectivity index (χ2n) is 8.42. The molecule has 3 aromatic rings. The number of nitrogens with zero attached hydrogens (tertiary/aromatic N) is 7. The minimum atomic E-state index is -0.187. The quantitative estimate of drug-likeness (QED) is 0.615. The van der Waals surface area contributed by atoms with Gasteiger partial charge in [0.05, 0.1) is 17.2 Å². The Balaban J connectivity index is 1.25. The Morgan fingerprint density at radius 2 is 1.72 bits per heavy atom. The molecule has 1 amide bonds. The van der Waals surface area contributed by atoms with Crippen LogP contribution in [0.4, 0.5) is 11.8 Å². The number of amides is 1.